The molecule has 4 nitrogen and oxygen atoms in total. The summed E-state index contributed by atoms with van der Waals surface area (Å²) in [5.41, 5.74) is 2.27. The predicted molar refractivity (Wildman–Crippen MR) is 83.3 cm³/mol. The van der Waals surface area contributed by atoms with Gasteiger partial charge in [0.1, 0.15) is 6.61 Å². The summed E-state index contributed by atoms with van der Waals surface area (Å²) in [5, 5.41) is 5.61. The monoisotopic (exact) mass is 284 g/mol. The van der Waals surface area contributed by atoms with Crippen molar-refractivity contribution in [3.8, 4) is 0 Å². The van der Waals surface area contributed by atoms with Crippen molar-refractivity contribution in [2.24, 2.45) is 0 Å². The van der Waals surface area contributed by atoms with Crippen molar-refractivity contribution < 1.29 is 9.53 Å². The van der Waals surface area contributed by atoms with Crippen LogP contribution >= 0.6 is 0 Å². The SMILES string of the molecule is Cc1ccc2cc(COC(=O)N3CCNCC3)ccc2c1. The molecule has 1 aliphatic heterocycles. The van der Waals surface area contributed by atoms with E-state index in [9.17, 15) is 4.79 Å². The first kappa shape index (κ1) is 13.9. The summed E-state index contributed by atoms with van der Waals surface area (Å²) in [4.78, 5) is 13.7. The Morgan fingerprint density at radius 3 is 2.67 bits per heavy atom. The van der Waals surface area contributed by atoms with Gasteiger partial charge in [-0.05, 0) is 29.3 Å². The topological polar surface area (TPSA) is 41.6 Å². The molecular weight excluding hydrogens is 264 g/mol. The smallest absolute Gasteiger partial charge is 0.410 e. The maximum Gasteiger partial charge on any atom is 0.410 e. The lowest BCUT2D eigenvalue weighted by molar-refractivity contribution is 0.0919. The van der Waals surface area contributed by atoms with Crippen molar-refractivity contribution in [1.29, 1.82) is 0 Å². The molecule has 2 aromatic carbocycles. The molecule has 21 heavy (non-hydrogen) atoms. The Hall–Kier alpha value is -2.07. The fourth-order valence-corrected chi connectivity index (χ4v) is 2.59. The fraction of sp³-hybridized carbons (Fsp3) is 0.353. The Balaban J connectivity index is 1.64. The molecule has 4 heteroatoms. The minimum absolute atomic E-state index is 0.222. The van der Waals surface area contributed by atoms with Crippen LogP contribution in [0, 0.1) is 6.92 Å². The zero-order chi connectivity index (χ0) is 14.7. The number of benzene rings is 2. The molecule has 0 atom stereocenters. The highest BCUT2D eigenvalue weighted by molar-refractivity contribution is 5.83. The van der Waals surface area contributed by atoms with Crippen molar-refractivity contribution >= 4 is 16.9 Å². The second-order valence-electron chi connectivity index (χ2n) is 5.48. The van der Waals surface area contributed by atoms with Crippen LogP contribution in [0.3, 0.4) is 0 Å². The first-order valence-corrected chi connectivity index (χ1v) is 7.34. The minimum atomic E-state index is -0.222. The van der Waals surface area contributed by atoms with Gasteiger partial charge in [-0.2, -0.15) is 0 Å². The van der Waals surface area contributed by atoms with Gasteiger partial charge in [0.15, 0.2) is 0 Å². The Morgan fingerprint density at radius 1 is 1.14 bits per heavy atom. The largest absolute Gasteiger partial charge is 0.445 e. The Morgan fingerprint density at radius 2 is 1.86 bits per heavy atom. The van der Waals surface area contributed by atoms with E-state index in [1.807, 2.05) is 6.07 Å². The number of nitrogens with one attached hydrogen (secondary N) is 1. The van der Waals surface area contributed by atoms with E-state index in [0.717, 1.165) is 31.7 Å². The normalized spacial score (nSPS) is 15.2. The molecule has 1 N–H and O–H groups in total. The lowest BCUT2D eigenvalue weighted by atomic mass is 10.1. The molecule has 0 aromatic heterocycles. The molecule has 0 saturated carbocycles. The molecule has 3 rings (SSSR count). The molecule has 1 fully saturated rings. The van der Waals surface area contributed by atoms with Crippen LogP contribution in [0.15, 0.2) is 36.4 Å². The molecule has 0 unspecified atom stereocenters. The maximum atomic E-state index is 12.0. The second kappa shape index (κ2) is 6.14. The highest BCUT2D eigenvalue weighted by atomic mass is 16.6. The van der Waals surface area contributed by atoms with E-state index in [4.69, 9.17) is 4.74 Å². The van der Waals surface area contributed by atoms with Crippen LogP contribution in [0.5, 0.6) is 0 Å². The van der Waals surface area contributed by atoms with Crippen molar-refractivity contribution in [3.05, 3.63) is 47.5 Å². The van der Waals surface area contributed by atoms with Gasteiger partial charge < -0.3 is 15.0 Å². The van der Waals surface area contributed by atoms with E-state index in [1.54, 1.807) is 4.90 Å². The third-order valence-electron chi connectivity index (χ3n) is 3.80. The zero-order valence-corrected chi connectivity index (χ0v) is 12.3. The van der Waals surface area contributed by atoms with E-state index in [-0.39, 0.29) is 6.09 Å². The third-order valence-corrected chi connectivity index (χ3v) is 3.80. The Bertz CT molecular complexity index is 648. The number of hydrogen-bond donors (Lipinski definition) is 1. The molecular formula is C17H20N2O2. The summed E-state index contributed by atoms with van der Waals surface area (Å²) in [6, 6.07) is 12.5. The molecule has 1 heterocycles. The number of rotatable bonds is 2. The summed E-state index contributed by atoms with van der Waals surface area (Å²) < 4.78 is 5.40. The van der Waals surface area contributed by atoms with Gasteiger partial charge in [-0.15, -0.1) is 0 Å². The standard InChI is InChI=1S/C17H20N2O2/c1-13-2-4-16-11-14(3-5-15(16)10-13)12-21-17(20)19-8-6-18-7-9-19/h2-5,10-11,18H,6-9,12H2,1H3. The van der Waals surface area contributed by atoms with Crippen molar-refractivity contribution in [2.45, 2.75) is 13.5 Å². The molecule has 1 saturated heterocycles. The van der Waals surface area contributed by atoms with E-state index in [0.29, 0.717) is 6.61 Å². The van der Waals surface area contributed by atoms with Crippen molar-refractivity contribution in [2.75, 3.05) is 26.2 Å². The number of carbonyl (C=O) groups excluding carboxylic acids is 1. The van der Waals surface area contributed by atoms with Gasteiger partial charge >= 0.3 is 6.09 Å². The lowest BCUT2D eigenvalue weighted by Crippen LogP contribution is -2.46. The molecule has 0 spiro atoms. The molecule has 0 bridgehead atoms. The van der Waals surface area contributed by atoms with Crippen molar-refractivity contribution in [1.82, 2.24) is 10.2 Å². The van der Waals surface area contributed by atoms with E-state index in [2.05, 4.69) is 42.6 Å². The number of hydrogen-bond acceptors (Lipinski definition) is 3. The van der Waals surface area contributed by atoms with Crippen LogP contribution in [-0.2, 0) is 11.3 Å². The van der Waals surface area contributed by atoms with Crippen LogP contribution in [0.25, 0.3) is 10.8 Å². The summed E-state index contributed by atoms with van der Waals surface area (Å²) in [6.45, 7) is 5.52. The van der Waals surface area contributed by atoms with Gasteiger partial charge in [-0.1, -0.05) is 35.9 Å². The second-order valence-corrected chi connectivity index (χ2v) is 5.48. The van der Waals surface area contributed by atoms with Crippen LogP contribution < -0.4 is 5.32 Å². The van der Waals surface area contributed by atoms with Crippen LogP contribution in [0.4, 0.5) is 4.79 Å². The van der Waals surface area contributed by atoms with Gasteiger partial charge in [-0.3, -0.25) is 0 Å². The van der Waals surface area contributed by atoms with Gasteiger partial charge in [0, 0.05) is 26.2 Å². The van der Waals surface area contributed by atoms with Crippen LogP contribution in [0.1, 0.15) is 11.1 Å². The Kier molecular flexibility index (Phi) is 4.06. The molecule has 0 aliphatic carbocycles. The van der Waals surface area contributed by atoms with Crippen LogP contribution in [-0.4, -0.2) is 37.2 Å². The molecule has 110 valence electrons. The number of piperazine rings is 1. The quantitative estimate of drug-likeness (QED) is 0.922. The van der Waals surface area contributed by atoms with Gasteiger partial charge in [0.25, 0.3) is 0 Å². The van der Waals surface area contributed by atoms with Crippen LogP contribution in [0.2, 0.25) is 0 Å². The zero-order valence-electron chi connectivity index (χ0n) is 12.3. The number of fused-ring (bicyclic) bond motifs is 1. The van der Waals surface area contributed by atoms with E-state index in [1.165, 1.54) is 16.3 Å². The number of aryl methyl sites for hydroxylation is 1. The van der Waals surface area contributed by atoms with Crippen molar-refractivity contribution in [3.63, 3.8) is 0 Å². The average molecular weight is 284 g/mol. The lowest BCUT2D eigenvalue weighted by Gasteiger charge is -2.26. The predicted octanol–water partition coefficient (Wildman–Crippen LogP) is 2.69. The van der Waals surface area contributed by atoms with Gasteiger partial charge in [-0.25, -0.2) is 4.79 Å². The Labute approximate surface area is 124 Å². The first-order valence-electron chi connectivity index (χ1n) is 7.34. The first-order chi connectivity index (χ1) is 10.2. The highest BCUT2D eigenvalue weighted by Crippen LogP contribution is 2.18. The number of ether oxygens (including phenoxy) is 1. The summed E-state index contributed by atoms with van der Waals surface area (Å²) >= 11 is 0. The number of carbonyl (C=O) groups is 1. The summed E-state index contributed by atoms with van der Waals surface area (Å²) in [5.74, 6) is 0. The summed E-state index contributed by atoms with van der Waals surface area (Å²) in [7, 11) is 0. The van der Waals surface area contributed by atoms with E-state index < -0.39 is 0 Å². The van der Waals surface area contributed by atoms with Gasteiger partial charge in [0.2, 0.25) is 0 Å². The number of nitrogens with zero attached hydrogens (tertiary/aromatic N) is 1. The highest BCUT2D eigenvalue weighted by Gasteiger charge is 2.17. The average Bonchev–Trinajstić information content (AvgIpc) is 2.53. The van der Waals surface area contributed by atoms with E-state index >= 15 is 0 Å². The summed E-state index contributed by atoms with van der Waals surface area (Å²) in [6.07, 6.45) is -0.222. The third kappa shape index (κ3) is 3.34. The maximum absolute atomic E-state index is 12.0. The molecule has 0 radical (unpaired) electrons. The number of amides is 1. The molecule has 2 aromatic rings. The molecule has 1 amide bonds. The molecule has 1 aliphatic rings. The minimum Gasteiger partial charge on any atom is -0.445 e. The fourth-order valence-electron chi connectivity index (χ4n) is 2.59. The van der Waals surface area contributed by atoms with Gasteiger partial charge in [0.05, 0.1) is 0 Å².